The Hall–Kier alpha value is -2.41. The van der Waals surface area contributed by atoms with Crippen LogP contribution in [0.1, 0.15) is 9.67 Å². The Morgan fingerprint density at radius 3 is 2.63 bits per heavy atom. The van der Waals surface area contributed by atoms with Gasteiger partial charge in [-0.15, -0.1) is 22.7 Å². The van der Waals surface area contributed by atoms with Gasteiger partial charge in [-0.3, -0.25) is 4.79 Å². The van der Waals surface area contributed by atoms with Crippen LogP contribution in [0.15, 0.2) is 54.6 Å². The predicted octanol–water partition coefficient (Wildman–Crippen LogP) is 5.20. The van der Waals surface area contributed by atoms with E-state index in [0.29, 0.717) is 0 Å². The molecule has 0 unspecified atom stereocenters. The molecule has 0 spiro atoms. The Morgan fingerprint density at radius 2 is 1.74 bits per heavy atom. The third kappa shape index (κ3) is 3.10. The summed E-state index contributed by atoms with van der Waals surface area (Å²) in [5, 5.41) is 4.35. The summed E-state index contributed by atoms with van der Waals surface area (Å²) >= 11 is 3.31. The molecule has 1 aliphatic heterocycles. The number of carbonyl (C=O) groups is 1. The van der Waals surface area contributed by atoms with E-state index in [4.69, 9.17) is 4.74 Å². The fraction of sp³-hybridized carbons (Fsp3) is 0.190. The standard InChI is InChI=1S/C21H18N2O2S2/c24-21(19-13-18-20(27-19)14-5-1-4-8-17(14)26-18)22-15-6-2-3-7-16(15)23-9-11-25-12-10-23/h1-8,13H,9-12H2,(H,22,24). The number of anilines is 2. The lowest BCUT2D eigenvalue weighted by atomic mass is 10.2. The Bertz CT molecular complexity index is 1130. The number of para-hydroxylation sites is 2. The number of carbonyl (C=O) groups excluding carboxylic acids is 1. The van der Waals surface area contributed by atoms with Gasteiger partial charge in [0.2, 0.25) is 0 Å². The molecule has 5 rings (SSSR count). The lowest BCUT2D eigenvalue weighted by molar-refractivity contribution is 0.103. The molecule has 2 aromatic heterocycles. The first-order valence-electron chi connectivity index (χ1n) is 8.94. The second-order valence-corrected chi connectivity index (χ2v) is 8.61. The fourth-order valence-corrected chi connectivity index (χ4v) is 5.87. The van der Waals surface area contributed by atoms with Crippen molar-refractivity contribution in [1.29, 1.82) is 0 Å². The smallest absolute Gasteiger partial charge is 0.265 e. The number of hydrogen-bond donors (Lipinski definition) is 1. The predicted molar refractivity (Wildman–Crippen MR) is 115 cm³/mol. The Labute approximate surface area is 165 Å². The van der Waals surface area contributed by atoms with Crippen molar-refractivity contribution in [2.24, 2.45) is 0 Å². The zero-order chi connectivity index (χ0) is 18.2. The van der Waals surface area contributed by atoms with Crippen LogP contribution in [0.2, 0.25) is 0 Å². The minimum absolute atomic E-state index is 0.0480. The average molecular weight is 395 g/mol. The molecule has 136 valence electrons. The number of thiophene rings is 2. The summed E-state index contributed by atoms with van der Waals surface area (Å²) in [5.41, 5.74) is 1.91. The number of amides is 1. The van der Waals surface area contributed by atoms with Crippen molar-refractivity contribution in [2.75, 3.05) is 36.5 Å². The molecule has 1 N–H and O–H groups in total. The molecule has 6 heteroatoms. The van der Waals surface area contributed by atoms with E-state index >= 15 is 0 Å². The molecule has 1 amide bonds. The first-order valence-corrected chi connectivity index (χ1v) is 10.6. The number of rotatable bonds is 3. The minimum Gasteiger partial charge on any atom is -0.378 e. The van der Waals surface area contributed by atoms with Gasteiger partial charge in [0.25, 0.3) is 5.91 Å². The van der Waals surface area contributed by atoms with Gasteiger partial charge in [0, 0.05) is 27.9 Å². The summed E-state index contributed by atoms with van der Waals surface area (Å²) in [7, 11) is 0. The molecule has 2 aromatic carbocycles. The van der Waals surface area contributed by atoms with Crippen molar-refractivity contribution < 1.29 is 9.53 Å². The van der Waals surface area contributed by atoms with E-state index in [-0.39, 0.29) is 5.91 Å². The average Bonchev–Trinajstić information content (AvgIpc) is 3.27. The van der Waals surface area contributed by atoms with E-state index < -0.39 is 0 Å². The van der Waals surface area contributed by atoms with E-state index in [1.807, 2.05) is 30.3 Å². The number of ether oxygens (including phenoxy) is 1. The highest BCUT2D eigenvalue weighted by molar-refractivity contribution is 7.33. The van der Waals surface area contributed by atoms with Gasteiger partial charge in [0.15, 0.2) is 0 Å². The number of benzene rings is 2. The fourth-order valence-electron chi connectivity index (χ4n) is 3.45. The van der Waals surface area contributed by atoms with Crippen LogP contribution in [-0.2, 0) is 4.74 Å². The second-order valence-electron chi connectivity index (χ2n) is 6.47. The molecule has 4 aromatic rings. The van der Waals surface area contributed by atoms with Crippen LogP contribution >= 0.6 is 22.7 Å². The molecule has 0 aliphatic carbocycles. The first kappa shape index (κ1) is 16.7. The molecular weight excluding hydrogens is 376 g/mol. The Balaban J connectivity index is 1.44. The van der Waals surface area contributed by atoms with Crippen LogP contribution in [-0.4, -0.2) is 32.2 Å². The molecule has 1 fully saturated rings. The summed E-state index contributed by atoms with van der Waals surface area (Å²) in [6, 6.07) is 18.4. The molecule has 0 atom stereocenters. The first-order chi connectivity index (χ1) is 13.3. The highest BCUT2D eigenvalue weighted by Gasteiger charge is 2.18. The third-order valence-corrected chi connectivity index (χ3v) is 7.19. The molecule has 3 heterocycles. The number of nitrogens with zero attached hydrogens (tertiary/aromatic N) is 1. The molecule has 0 bridgehead atoms. The quantitative estimate of drug-likeness (QED) is 0.519. The summed E-state index contributed by atoms with van der Waals surface area (Å²) in [6.45, 7) is 3.12. The van der Waals surface area contributed by atoms with E-state index in [0.717, 1.165) is 42.6 Å². The topological polar surface area (TPSA) is 41.6 Å². The SMILES string of the molecule is O=C(Nc1ccccc1N1CCOCC1)c1cc2sc3ccccc3c2s1. The molecule has 27 heavy (non-hydrogen) atoms. The molecular formula is C21H18N2O2S2. The lowest BCUT2D eigenvalue weighted by Crippen LogP contribution is -2.36. The normalized spacial score (nSPS) is 14.7. The van der Waals surface area contributed by atoms with Gasteiger partial charge in [-0.05, 0) is 24.3 Å². The van der Waals surface area contributed by atoms with Crippen molar-refractivity contribution in [2.45, 2.75) is 0 Å². The van der Waals surface area contributed by atoms with Crippen molar-refractivity contribution in [3.8, 4) is 0 Å². The molecule has 4 nitrogen and oxygen atoms in total. The van der Waals surface area contributed by atoms with Crippen molar-refractivity contribution >= 4 is 59.4 Å². The lowest BCUT2D eigenvalue weighted by Gasteiger charge is -2.30. The molecule has 0 saturated carbocycles. The monoisotopic (exact) mass is 394 g/mol. The summed E-state index contributed by atoms with van der Waals surface area (Å²) in [5.74, 6) is -0.0480. The zero-order valence-corrected chi connectivity index (χ0v) is 16.2. The third-order valence-electron chi connectivity index (χ3n) is 4.78. The van der Waals surface area contributed by atoms with Crippen LogP contribution in [0.5, 0.6) is 0 Å². The number of nitrogens with one attached hydrogen (secondary N) is 1. The Kier molecular flexibility index (Phi) is 4.32. The van der Waals surface area contributed by atoms with Gasteiger partial charge in [0.05, 0.1) is 34.2 Å². The summed E-state index contributed by atoms with van der Waals surface area (Å²) in [4.78, 5) is 15.9. The van der Waals surface area contributed by atoms with Crippen LogP contribution in [0, 0.1) is 0 Å². The Morgan fingerprint density at radius 1 is 0.963 bits per heavy atom. The highest BCUT2D eigenvalue weighted by Crippen LogP contribution is 2.39. The van der Waals surface area contributed by atoms with Crippen LogP contribution in [0.25, 0.3) is 19.5 Å². The van der Waals surface area contributed by atoms with Crippen molar-refractivity contribution in [1.82, 2.24) is 0 Å². The number of morpholine rings is 1. The summed E-state index contributed by atoms with van der Waals surface area (Å²) in [6.07, 6.45) is 0. The van der Waals surface area contributed by atoms with Crippen LogP contribution in [0.3, 0.4) is 0 Å². The molecule has 1 aliphatic rings. The van der Waals surface area contributed by atoms with Crippen LogP contribution < -0.4 is 10.2 Å². The van der Waals surface area contributed by atoms with Gasteiger partial charge in [-0.2, -0.15) is 0 Å². The van der Waals surface area contributed by atoms with Gasteiger partial charge in [-0.25, -0.2) is 0 Å². The van der Waals surface area contributed by atoms with Gasteiger partial charge in [-0.1, -0.05) is 30.3 Å². The number of hydrogen-bond acceptors (Lipinski definition) is 5. The number of fused-ring (bicyclic) bond motifs is 3. The van der Waals surface area contributed by atoms with E-state index in [1.165, 1.54) is 19.5 Å². The summed E-state index contributed by atoms with van der Waals surface area (Å²) < 4.78 is 9.08. The van der Waals surface area contributed by atoms with Gasteiger partial charge in [0.1, 0.15) is 0 Å². The van der Waals surface area contributed by atoms with E-state index in [9.17, 15) is 4.79 Å². The van der Waals surface area contributed by atoms with Crippen molar-refractivity contribution in [3.63, 3.8) is 0 Å². The second kappa shape index (κ2) is 6.96. The maximum absolute atomic E-state index is 12.9. The maximum atomic E-state index is 12.9. The van der Waals surface area contributed by atoms with E-state index in [1.54, 1.807) is 22.7 Å². The zero-order valence-electron chi connectivity index (χ0n) is 14.6. The molecule has 1 saturated heterocycles. The maximum Gasteiger partial charge on any atom is 0.265 e. The van der Waals surface area contributed by atoms with E-state index in [2.05, 4.69) is 34.5 Å². The van der Waals surface area contributed by atoms with Gasteiger partial charge >= 0.3 is 0 Å². The van der Waals surface area contributed by atoms with Crippen LogP contribution in [0.4, 0.5) is 11.4 Å². The molecule has 0 radical (unpaired) electrons. The highest BCUT2D eigenvalue weighted by atomic mass is 32.1. The minimum atomic E-state index is -0.0480. The van der Waals surface area contributed by atoms with Gasteiger partial charge < -0.3 is 15.0 Å². The van der Waals surface area contributed by atoms with Crippen molar-refractivity contribution in [3.05, 3.63) is 59.5 Å². The largest absolute Gasteiger partial charge is 0.378 e.